The number of rotatable bonds is 5. The zero-order valence-electron chi connectivity index (χ0n) is 17.9. The maximum absolute atomic E-state index is 15.2. The van der Waals surface area contributed by atoms with E-state index < -0.39 is 59.5 Å². The normalized spacial score (nSPS) is 27.1. The molecule has 0 aromatic carbocycles. The Morgan fingerprint density at radius 3 is 2.26 bits per heavy atom. The molecule has 2 fully saturated rings. The SMILES string of the molecule is COC1c2c(c(=O)[nH]c(=O)n2C2CC2)C=C(F)C1N1CCC(C(N)C(C(F)(F)F)C(F)(F)F)C1. The lowest BCUT2D eigenvalue weighted by molar-refractivity contribution is -0.292. The monoisotopic (exact) mass is 500 g/mol. The van der Waals surface area contributed by atoms with Crippen LogP contribution in [0.5, 0.6) is 0 Å². The largest absolute Gasteiger partial charge is 0.402 e. The number of halogens is 7. The topological polar surface area (TPSA) is 93.3 Å². The Balaban J connectivity index is 1.66. The Bertz CT molecular complexity index is 1080. The van der Waals surface area contributed by atoms with E-state index in [1.54, 1.807) is 0 Å². The molecule has 3 N–H and O–H groups in total. The van der Waals surface area contributed by atoms with Gasteiger partial charge in [-0.1, -0.05) is 0 Å². The summed E-state index contributed by atoms with van der Waals surface area (Å²) in [4.78, 5) is 28.3. The van der Waals surface area contributed by atoms with Gasteiger partial charge in [-0.3, -0.25) is 19.2 Å². The molecular formula is C20H23F7N4O3. The minimum Gasteiger partial charge on any atom is -0.373 e. The van der Waals surface area contributed by atoms with Crippen molar-refractivity contribution in [1.29, 1.82) is 0 Å². The predicted octanol–water partition coefficient (Wildman–Crippen LogP) is 2.64. The molecule has 0 amide bonds. The molecule has 2 heterocycles. The quantitative estimate of drug-likeness (QED) is 0.607. The molecule has 2 aliphatic carbocycles. The van der Waals surface area contributed by atoms with E-state index in [0.29, 0.717) is 12.8 Å². The molecule has 1 aromatic rings. The number of fused-ring (bicyclic) bond motifs is 1. The molecule has 0 radical (unpaired) electrons. The zero-order chi connectivity index (χ0) is 25.2. The van der Waals surface area contributed by atoms with Gasteiger partial charge in [-0.15, -0.1) is 0 Å². The van der Waals surface area contributed by atoms with E-state index in [2.05, 4.69) is 4.98 Å². The maximum Gasteiger partial charge on any atom is 0.402 e. The van der Waals surface area contributed by atoms with Gasteiger partial charge in [0.15, 0.2) is 5.92 Å². The summed E-state index contributed by atoms with van der Waals surface area (Å²) in [6, 6.07) is -3.73. The molecule has 4 unspecified atom stereocenters. The summed E-state index contributed by atoms with van der Waals surface area (Å²) in [6.07, 6.45) is -10.2. The summed E-state index contributed by atoms with van der Waals surface area (Å²) in [5.74, 6) is -5.78. The summed E-state index contributed by atoms with van der Waals surface area (Å²) in [5.41, 5.74) is 4.01. The number of H-pyrrole nitrogens is 1. The van der Waals surface area contributed by atoms with E-state index in [9.17, 15) is 35.9 Å². The first-order valence-electron chi connectivity index (χ1n) is 10.7. The average Bonchev–Trinajstić information content (AvgIpc) is 3.40. The number of hydrogen-bond acceptors (Lipinski definition) is 5. The third-order valence-corrected chi connectivity index (χ3v) is 6.79. The van der Waals surface area contributed by atoms with E-state index in [0.717, 1.165) is 6.08 Å². The molecule has 4 atom stereocenters. The van der Waals surface area contributed by atoms with Crippen LogP contribution in [0, 0.1) is 11.8 Å². The van der Waals surface area contributed by atoms with Crippen molar-refractivity contribution in [3.8, 4) is 0 Å². The van der Waals surface area contributed by atoms with Gasteiger partial charge in [0, 0.05) is 25.7 Å². The maximum atomic E-state index is 15.2. The van der Waals surface area contributed by atoms with Crippen LogP contribution in [-0.2, 0) is 4.74 Å². The molecule has 1 saturated heterocycles. The van der Waals surface area contributed by atoms with Crippen LogP contribution in [0.3, 0.4) is 0 Å². The van der Waals surface area contributed by atoms with Crippen molar-refractivity contribution >= 4 is 6.08 Å². The first-order chi connectivity index (χ1) is 15.8. The Kier molecular flexibility index (Phi) is 6.22. The average molecular weight is 500 g/mol. The van der Waals surface area contributed by atoms with Crippen molar-refractivity contribution in [2.75, 3.05) is 20.2 Å². The number of aromatic amines is 1. The first-order valence-corrected chi connectivity index (χ1v) is 10.7. The molecule has 1 saturated carbocycles. The molecule has 3 aliphatic rings. The van der Waals surface area contributed by atoms with Crippen LogP contribution in [-0.4, -0.2) is 59.1 Å². The molecule has 7 nitrogen and oxygen atoms in total. The third-order valence-electron chi connectivity index (χ3n) is 6.79. The number of nitrogens with two attached hydrogens (primary N) is 1. The van der Waals surface area contributed by atoms with Gasteiger partial charge in [0.1, 0.15) is 11.9 Å². The second kappa shape index (κ2) is 8.48. The van der Waals surface area contributed by atoms with Crippen molar-refractivity contribution in [1.82, 2.24) is 14.5 Å². The Morgan fingerprint density at radius 2 is 1.74 bits per heavy atom. The molecular weight excluding hydrogens is 477 g/mol. The number of alkyl halides is 6. The highest BCUT2D eigenvalue weighted by Crippen LogP contribution is 2.46. The lowest BCUT2D eigenvalue weighted by Crippen LogP contribution is -2.53. The number of nitrogens with zero attached hydrogens (tertiary/aromatic N) is 2. The molecule has 14 heteroatoms. The predicted molar refractivity (Wildman–Crippen MR) is 105 cm³/mol. The summed E-state index contributed by atoms with van der Waals surface area (Å²) >= 11 is 0. The van der Waals surface area contributed by atoms with Crippen molar-refractivity contribution in [3.05, 3.63) is 37.9 Å². The van der Waals surface area contributed by atoms with Crippen LogP contribution < -0.4 is 17.0 Å². The fourth-order valence-corrected chi connectivity index (χ4v) is 5.11. The third kappa shape index (κ3) is 4.31. The van der Waals surface area contributed by atoms with Crippen LogP contribution >= 0.6 is 0 Å². The van der Waals surface area contributed by atoms with E-state index in [4.69, 9.17) is 10.5 Å². The number of ether oxygens (including phenoxy) is 1. The molecule has 190 valence electrons. The van der Waals surface area contributed by atoms with Crippen molar-refractivity contribution in [2.45, 2.75) is 55.8 Å². The Labute approximate surface area is 188 Å². The van der Waals surface area contributed by atoms with Gasteiger partial charge < -0.3 is 10.5 Å². The highest BCUT2D eigenvalue weighted by atomic mass is 19.4. The first kappa shape index (κ1) is 24.9. The second-order valence-electron chi connectivity index (χ2n) is 8.97. The Hall–Kier alpha value is -2.19. The van der Waals surface area contributed by atoms with Crippen LogP contribution in [0.25, 0.3) is 6.08 Å². The molecule has 1 aromatic heterocycles. The lowest BCUT2D eigenvalue weighted by Gasteiger charge is -2.37. The van der Waals surface area contributed by atoms with Gasteiger partial charge in [-0.2, -0.15) is 26.3 Å². The fourth-order valence-electron chi connectivity index (χ4n) is 5.11. The van der Waals surface area contributed by atoms with E-state index in [-0.39, 0.29) is 36.8 Å². The highest BCUT2D eigenvalue weighted by molar-refractivity contribution is 5.58. The van der Waals surface area contributed by atoms with Gasteiger partial charge in [-0.05, 0) is 37.8 Å². The lowest BCUT2D eigenvalue weighted by atomic mass is 9.87. The van der Waals surface area contributed by atoms with Crippen LogP contribution in [0.15, 0.2) is 15.4 Å². The molecule has 0 bridgehead atoms. The van der Waals surface area contributed by atoms with Gasteiger partial charge >= 0.3 is 18.0 Å². The number of aromatic nitrogens is 2. The second-order valence-corrected chi connectivity index (χ2v) is 8.97. The zero-order valence-corrected chi connectivity index (χ0v) is 17.9. The van der Waals surface area contributed by atoms with E-state index in [1.807, 2.05) is 0 Å². The van der Waals surface area contributed by atoms with Crippen LogP contribution in [0.2, 0.25) is 0 Å². The minimum absolute atomic E-state index is 0.0429. The number of likely N-dealkylation sites (tertiary alicyclic amines) is 1. The fraction of sp³-hybridized carbons (Fsp3) is 0.700. The van der Waals surface area contributed by atoms with Crippen molar-refractivity contribution in [3.63, 3.8) is 0 Å². The minimum atomic E-state index is -5.59. The molecule has 1 aliphatic heterocycles. The number of hydrogen-bond donors (Lipinski definition) is 2. The van der Waals surface area contributed by atoms with E-state index >= 15 is 4.39 Å². The summed E-state index contributed by atoms with van der Waals surface area (Å²) in [6.45, 7) is -0.388. The van der Waals surface area contributed by atoms with Gasteiger partial charge in [0.2, 0.25) is 0 Å². The molecule has 34 heavy (non-hydrogen) atoms. The summed E-state index contributed by atoms with van der Waals surface area (Å²) < 4.78 is 101. The van der Waals surface area contributed by atoms with Gasteiger partial charge in [0.25, 0.3) is 5.56 Å². The van der Waals surface area contributed by atoms with E-state index in [1.165, 1.54) is 16.6 Å². The summed E-state index contributed by atoms with van der Waals surface area (Å²) in [5, 5.41) is 0. The van der Waals surface area contributed by atoms with Crippen LogP contribution in [0.1, 0.15) is 42.7 Å². The van der Waals surface area contributed by atoms with Crippen LogP contribution in [0.4, 0.5) is 30.7 Å². The Morgan fingerprint density at radius 1 is 1.12 bits per heavy atom. The number of methoxy groups -OCH3 is 1. The van der Waals surface area contributed by atoms with Gasteiger partial charge in [0.05, 0.1) is 17.3 Å². The standard InChI is InChI=1S/C20H23F7N4O3/c1-34-15-13-10(17(32)29-18(33)31(13)9-2-3-9)6-11(21)14(15)30-5-4-8(7-30)12(28)16(19(22,23)24)20(25,26)27/h6,8-9,12,14-16H,2-5,7,28H2,1H3,(H,29,32,33). The highest BCUT2D eigenvalue weighted by Gasteiger charge is 2.61. The van der Waals surface area contributed by atoms with Crippen molar-refractivity contribution in [2.24, 2.45) is 17.6 Å². The molecule has 0 spiro atoms. The number of nitrogens with one attached hydrogen (secondary N) is 1. The van der Waals surface area contributed by atoms with Gasteiger partial charge in [-0.25, -0.2) is 9.18 Å². The molecule has 4 rings (SSSR count). The smallest absolute Gasteiger partial charge is 0.373 e. The summed E-state index contributed by atoms with van der Waals surface area (Å²) in [7, 11) is 1.23. The van der Waals surface area contributed by atoms with Crippen molar-refractivity contribution < 1.29 is 35.5 Å².